The molecule has 5 nitrogen and oxygen atoms in total. The van der Waals surface area contributed by atoms with Crippen LogP contribution in [0.15, 0.2) is 24.5 Å². The molecule has 5 heteroatoms. The summed E-state index contributed by atoms with van der Waals surface area (Å²) in [5.74, 6) is -0.00394. The summed E-state index contributed by atoms with van der Waals surface area (Å²) >= 11 is 0. The number of nitrogens with one attached hydrogen (secondary N) is 1. The molecule has 0 saturated carbocycles. The highest BCUT2D eigenvalue weighted by Gasteiger charge is 2.24. The molecule has 1 fully saturated rings. The van der Waals surface area contributed by atoms with Crippen LogP contribution in [0.1, 0.15) is 18.7 Å². The van der Waals surface area contributed by atoms with E-state index in [-0.39, 0.29) is 12.1 Å². The molecule has 18 heavy (non-hydrogen) atoms. The van der Waals surface area contributed by atoms with E-state index in [9.17, 15) is 4.79 Å². The Balaban J connectivity index is 2.12. The molecular weight excluding hydrogens is 228 g/mol. The Hall–Kier alpha value is -1.46. The fourth-order valence-electron chi connectivity index (χ4n) is 2.20. The van der Waals surface area contributed by atoms with Crippen LogP contribution in [0.25, 0.3) is 0 Å². The van der Waals surface area contributed by atoms with Gasteiger partial charge in [0.05, 0.1) is 0 Å². The van der Waals surface area contributed by atoms with Crippen LogP contribution in [0.2, 0.25) is 0 Å². The van der Waals surface area contributed by atoms with Crippen molar-refractivity contribution in [2.24, 2.45) is 0 Å². The first kappa shape index (κ1) is 13.0. The highest BCUT2D eigenvalue weighted by molar-refractivity contribution is 5.73. The molecule has 1 aliphatic heterocycles. The van der Waals surface area contributed by atoms with Crippen LogP contribution in [0.4, 0.5) is 0 Å². The number of carbonyl (C=O) groups excluding carboxylic acids is 1. The molecule has 1 aromatic heterocycles. The van der Waals surface area contributed by atoms with Crippen molar-refractivity contribution in [1.82, 2.24) is 20.1 Å². The second kappa shape index (κ2) is 5.93. The summed E-state index contributed by atoms with van der Waals surface area (Å²) in [5, 5.41) is 3.02. The van der Waals surface area contributed by atoms with Gasteiger partial charge in [0.15, 0.2) is 0 Å². The lowest BCUT2D eigenvalue weighted by molar-refractivity contribution is -0.121. The minimum atomic E-state index is -0.0424. The topological polar surface area (TPSA) is 48.5 Å². The van der Waals surface area contributed by atoms with Crippen molar-refractivity contribution in [3.8, 4) is 0 Å². The molecule has 0 spiro atoms. The summed E-state index contributed by atoms with van der Waals surface area (Å²) in [5.41, 5.74) is 1.09. The van der Waals surface area contributed by atoms with Gasteiger partial charge in [0.2, 0.25) is 5.91 Å². The summed E-state index contributed by atoms with van der Waals surface area (Å²) in [6.07, 6.45) is 3.49. The SMILES string of the molecule is CC(=O)NC(c1ccncc1)N1CCN(C)CC1. The van der Waals surface area contributed by atoms with Crippen molar-refractivity contribution in [2.75, 3.05) is 33.2 Å². The molecule has 1 unspecified atom stereocenters. The maximum absolute atomic E-state index is 11.4. The van der Waals surface area contributed by atoms with Crippen LogP contribution >= 0.6 is 0 Å². The molecule has 98 valence electrons. The van der Waals surface area contributed by atoms with E-state index in [0.29, 0.717) is 0 Å². The molecule has 1 aromatic rings. The van der Waals surface area contributed by atoms with Gasteiger partial charge in [-0.2, -0.15) is 0 Å². The lowest BCUT2D eigenvalue weighted by Crippen LogP contribution is -2.50. The average molecular weight is 248 g/mol. The van der Waals surface area contributed by atoms with Gasteiger partial charge in [-0.1, -0.05) is 0 Å². The summed E-state index contributed by atoms with van der Waals surface area (Å²) in [6.45, 7) is 5.54. The predicted molar refractivity (Wildman–Crippen MR) is 69.9 cm³/mol. The van der Waals surface area contributed by atoms with E-state index in [4.69, 9.17) is 0 Å². The third kappa shape index (κ3) is 3.27. The molecule has 2 rings (SSSR count). The molecule has 0 radical (unpaired) electrons. The van der Waals surface area contributed by atoms with Gasteiger partial charge in [0, 0.05) is 45.5 Å². The normalized spacial score (nSPS) is 19.4. The minimum Gasteiger partial charge on any atom is -0.337 e. The van der Waals surface area contributed by atoms with Gasteiger partial charge in [-0.25, -0.2) is 0 Å². The van der Waals surface area contributed by atoms with E-state index < -0.39 is 0 Å². The Labute approximate surface area is 108 Å². The maximum Gasteiger partial charge on any atom is 0.218 e. The predicted octanol–water partition coefficient (Wildman–Crippen LogP) is 0.464. The second-order valence-electron chi connectivity index (χ2n) is 4.72. The lowest BCUT2D eigenvalue weighted by Gasteiger charge is -2.38. The minimum absolute atomic E-state index is 0.00394. The van der Waals surface area contributed by atoms with Gasteiger partial charge in [-0.3, -0.25) is 14.7 Å². The summed E-state index contributed by atoms with van der Waals surface area (Å²) in [6, 6.07) is 3.91. The van der Waals surface area contributed by atoms with Gasteiger partial charge >= 0.3 is 0 Å². The number of piperazine rings is 1. The number of carbonyl (C=O) groups is 1. The number of nitrogens with zero attached hydrogens (tertiary/aromatic N) is 3. The largest absolute Gasteiger partial charge is 0.337 e. The molecular formula is C13H20N4O. The number of hydrogen-bond acceptors (Lipinski definition) is 4. The van der Waals surface area contributed by atoms with E-state index >= 15 is 0 Å². The third-order valence-corrected chi connectivity index (χ3v) is 3.26. The van der Waals surface area contributed by atoms with E-state index in [1.165, 1.54) is 0 Å². The standard InChI is InChI=1S/C13H20N4O/c1-11(18)15-13(12-3-5-14-6-4-12)17-9-7-16(2)8-10-17/h3-6,13H,7-10H2,1-2H3,(H,15,18). The fourth-order valence-corrected chi connectivity index (χ4v) is 2.20. The van der Waals surface area contributed by atoms with Crippen LogP contribution in [0, 0.1) is 0 Å². The fraction of sp³-hybridized carbons (Fsp3) is 0.538. The number of amides is 1. The molecule has 0 bridgehead atoms. The number of aromatic nitrogens is 1. The van der Waals surface area contributed by atoms with Crippen molar-refractivity contribution < 1.29 is 4.79 Å². The zero-order chi connectivity index (χ0) is 13.0. The van der Waals surface area contributed by atoms with E-state index in [0.717, 1.165) is 31.7 Å². The molecule has 0 aromatic carbocycles. The Kier molecular flexibility index (Phi) is 4.28. The first-order valence-electron chi connectivity index (χ1n) is 6.26. The van der Waals surface area contributed by atoms with Gasteiger partial charge in [-0.15, -0.1) is 0 Å². The van der Waals surface area contributed by atoms with Crippen molar-refractivity contribution >= 4 is 5.91 Å². The number of hydrogen-bond donors (Lipinski definition) is 1. The van der Waals surface area contributed by atoms with E-state index in [1.54, 1.807) is 19.3 Å². The zero-order valence-electron chi connectivity index (χ0n) is 11.0. The Bertz CT molecular complexity index is 387. The maximum atomic E-state index is 11.4. The van der Waals surface area contributed by atoms with Crippen LogP contribution < -0.4 is 5.32 Å². The quantitative estimate of drug-likeness (QED) is 0.844. The van der Waals surface area contributed by atoms with Crippen LogP contribution in [-0.4, -0.2) is 53.9 Å². The van der Waals surface area contributed by atoms with Crippen molar-refractivity contribution in [3.63, 3.8) is 0 Å². The zero-order valence-corrected chi connectivity index (χ0v) is 11.0. The Morgan fingerprint density at radius 1 is 1.28 bits per heavy atom. The first-order valence-corrected chi connectivity index (χ1v) is 6.26. The summed E-state index contributed by atoms with van der Waals surface area (Å²) in [7, 11) is 2.12. The molecule has 1 amide bonds. The molecule has 1 atom stereocenters. The van der Waals surface area contributed by atoms with Crippen molar-refractivity contribution in [1.29, 1.82) is 0 Å². The highest BCUT2D eigenvalue weighted by atomic mass is 16.1. The molecule has 0 aliphatic carbocycles. The summed E-state index contributed by atoms with van der Waals surface area (Å²) in [4.78, 5) is 20.0. The lowest BCUT2D eigenvalue weighted by atomic mass is 10.1. The van der Waals surface area contributed by atoms with Crippen molar-refractivity contribution in [3.05, 3.63) is 30.1 Å². The van der Waals surface area contributed by atoms with E-state index in [2.05, 4.69) is 27.1 Å². The number of likely N-dealkylation sites (N-methyl/N-ethyl adjacent to an activating group) is 1. The summed E-state index contributed by atoms with van der Waals surface area (Å²) < 4.78 is 0. The molecule has 1 N–H and O–H groups in total. The molecule has 1 aliphatic rings. The monoisotopic (exact) mass is 248 g/mol. The molecule has 2 heterocycles. The Morgan fingerprint density at radius 3 is 2.44 bits per heavy atom. The average Bonchev–Trinajstić information content (AvgIpc) is 2.38. The van der Waals surface area contributed by atoms with Gasteiger partial charge in [-0.05, 0) is 24.7 Å². The number of rotatable bonds is 3. The van der Waals surface area contributed by atoms with Crippen molar-refractivity contribution in [2.45, 2.75) is 13.1 Å². The highest BCUT2D eigenvalue weighted by Crippen LogP contribution is 2.18. The second-order valence-corrected chi connectivity index (χ2v) is 4.72. The van der Waals surface area contributed by atoms with Gasteiger partial charge in [0.1, 0.15) is 6.17 Å². The first-order chi connectivity index (χ1) is 8.66. The van der Waals surface area contributed by atoms with Crippen LogP contribution in [-0.2, 0) is 4.79 Å². The Morgan fingerprint density at radius 2 is 1.89 bits per heavy atom. The van der Waals surface area contributed by atoms with Crippen LogP contribution in [0.5, 0.6) is 0 Å². The number of pyridine rings is 1. The smallest absolute Gasteiger partial charge is 0.218 e. The van der Waals surface area contributed by atoms with Gasteiger partial charge in [0.25, 0.3) is 0 Å². The van der Waals surface area contributed by atoms with Gasteiger partial charge < -0.3 is 10.2 Å². The van der Waals surface area contributed by atoms with Crippen LogP contribution in [0.3, 0.4) is 0 Å². The molecule has 1 saturated heterocycles. The van der Waals surface area contributed by atoms with E-state index in [1.807, 2.05) is 12.1 Å². The third-order valence-electron chi connectivity index (χ3n) is 3.26.